The van der Waals surface area contributed by atoms with Gasteiger partial charge in [-0.15, -0.1) is 22.7 Å². The number of alkyl carbamates (subject to hydrolysis) is 1. The Balaban J connectivity index is 1.54. The van der Waals surface area contributed by atoms with Gasteiger partial charge in [-0.2, -0.15) is 4.31 Å². The van der Waals surface area contributed by atoms with E-state index in [4.69, 9.17) is 16.3 Å². The van der Waals surface area contributed by atoms with Crippen LogP contribution in [0.2, 0.25) is 4.34 Å². The third-order valence-corrected chi connectivity index (χ3v) is 11.0. The molecule has 9 nitrogen and oxygen atoms in total. The van der Waals surface area contributed by atoms with Gasteiger partial charge < -0.3 is 10.1 Å². The number of amides is 3. The standard InChI is InChI=1S/C23H28ClN3O6S3/c1-2-33-23(30)26-21(29)19-15-8-4-3-5-9-16(15)34-22(19)25-20(28)14-7-6-12-27(13-14)36(31,32)18-11-10-17(24)35-18/h10-11,14H,2-9,12-13H2,1H3,(H,25,28)(H,26,29,30). The Labute approximate surface area is 223 Å². The van der Waals surface area contributed by atoms with E-state index in [2.05, 4.69) is 10.6 Å². The number of aryl methyl sites for hydroxylation is 1. The summed E-state index contributed by atoms with van der Waals surface area (Å²) in [6.07, 6.45) is 4.66. The van der Waals surface area contributed by atoms with Crippen molar-refractivity contribution >= 4 is 67.2 Å². The Bertz CT molecular complexity index is 1260. The molecule has 2 N–H and O–H groups in total. The Morgan fingerprint density at radius 3 is 2.64 bits per heavy atom. The van der Waals surface area contributed by atoms with Gasteiger partial charge in [-0.1, -0.05) is 18.0 Å². The van der Waals surface area contributed by atoms with Gasteiger partial charge in [0.05, 0.1) is 22.4 Å². The smallest absolute Gasteiger partial charge is 0.414 e. The van der Waals surface area contributed by atoms with Crippen LogP contribution in [0.1, 0.15) is 59.8 Å². The summed E-state index contributed by atoms with van der Waals surface area (Å²) >= 11 is 8.27. The molecule has 2 aliphatic rings. The molecule has 196 valence electrons. The lowest BCUT2D eigenvalue weighted by atomic mass is 9.98. The molecule has 0 saturated carbocycles. The van der Waals surface area contributed by atoms with Gasteiger partial charge in [0.1, 0.15) is 9.21 Å². The quantitative estimate of drug-likeness (QED) is 0.485. The molecule has 0 radical (unpaired) electrons. The summed E-state index contributed by atoms with van der Waals surface area (Å²) < 4.78 is 32.8. The fourth-order valence-corrected chi connectivity index (χ4v) is 9.00. The van der Waals surface area contributed by atoms with Crippen molar-refractivity contribution in [1.29, 1.82) is 0 Å². The van der Waals surface area contributed by atoms with Crippen LogP contribution in [0.5, 0.6) is 0 Å². The van der Waals surface area contributed by atoms with Crippen LogP contribution >= 0.6 is 34.3 Å². The van der Waals surface area contributed by atoms with Crippen LogP contribution in [0.3, 0.4) is 0 Å². The summed E-state index contributed by atoms with van der Waals surface area (Å²) in [7, 11) is -3.75. The summed E-state index contributed by atoms with van der Waals surface area (Å²) in [5.41, 5.74) is 1.16. The molecule has 1 atom stereocenters. The number of nitrogens with one attached hydrogen (secondary N) is 2. The second-order valence-electron chi connectivity index (χ2n) is 8.69. The molecule has 13 heteroatoms. The number of hydrogen-bond acceptors (Lipinski definition) is 8. The molecular formula is C23H28ClN3O6S3. The Hall–Kier alpha value is -1.99. The SMILES string of the molecule is CCOC(=O)NC(=O)c1c(NC(=O)C2CCCN(S(=O)(=O)c3ccc(Cl)s3)C2)sc2c1CCCCC2. The normalized spacial score (nSPS) is 18.7. The molecule has 2 aromatic heterocycles. The van der Waals surface area contributed by atoms with Gasteiger partial charge in [0.15, 0.2) is 0 Å². The van der Waals surface area contributed by atoms with Crippen molar-refractivity contribution in [2.45, 2.75) is 56.1 Å². The minimum Gasteiger partial charge on any atom is -0.450 e. The number of fused-ring (bicyclic) bond motifs is 1. The van der Waals surface area contributed by atoms with Gasteiger partial charge in [-0.25, -0.2) is 13.2 Å². The highest BCUT2D eigenvalue weighted by molar-refractivity contribution is 7.91. The Kier molecular flexibility index (Phi) is 8.71. The van der Waals surface area contributed by atoms with Gasteiger partial charge in [0.25, 0.3) is 15.9 Å². The minimum atomic E-state index is -3.75. The zero-order valence-corrected chi connectivity index (χ0v) is 23.0. The van der Waals surface area contributed by atoms with Crippen LogP contribution in [0, 0.1) is 5.92 Å². The summed E-state index contributed by atoms with van der Waals surface area (Å²) in [6.45, 7) is 2.14. The van der Waals surface area contributed by atoms with E-state index in [1.165, 1.54) is 27.8 Å². The fraction of sp³-hybridized carbons (Fsp3) is 0.522. The third-order valence-electron chi connectivity index (χ3n) is 6.27. The molecule has 4 rings (SSSR count). The van der Waals surface area contributed by atoms with E-state index in [1.807, 2.05) is 0 Å². The Morgan fingerprint density at radius 1 is 1.14 bits per heavy atom. The van der Waals surface area contributed by atoms with Crippen LogP contribution in [0.4, 0.5) is 9.80 Å². The van der Waals surface area contributed by atoms with E-state index >= 15 is 0 Å². The maximum absolute atomic E-state index is 13.3. The summed E-state index contributed by atoms with van der Waals surface area (Å²) in [6, 6.07) is 3.01. The average Bonchev–Trinajstić information content (AvgIpc) is 3.35. The number of hydrogen-bond donors (Lipinski definition) is 2. The highest BCUT2D eigenvalue weighted by Crippen LogP contribution is 2.38. The molecule has 1 fully saturated rings. The van der Waals surface area contributed by atoms with Crippen molar-refractivity contribution < 1.29 is 27.5 Å². The molecule has 36 heavy (non-hydrogen) atoms. The van der Waals surface area contributed by atoms with Crippen molar-refractivity contribution in [3.05, 3.63) is 32.5 Å². The zero-order valence-electron chi connectivity index (χ0n) is 19.8. The van der Waals surface area contributed by atoms with Gasteiger partial charge in [0, 0.05) is 18.0 Å². The van der Waals surface area contributed by atoms with Crippen molar-refractivity contribution in [3.8, 4) is 0 Å². The number of ether oxygens (including phenoxy) is 1. The number of carbonyl (C=O) groups is 3. The first-order valence-electron chi connectivity index (χ1n) is 11.9. The summed E-state index contributed by atoms with van der Waals surface area (Å²) in [4.78, 5) is 39.3. The van der Waals surface area contributed by atoms with E-state index in [9.17, 15) is 22.8 Å². The predicted molar refractivity (Wildman–Crippen MR) is 140 cm³/mol. The molecule has 0 aromatic carbocycles. The van der Waals surface area contributed by atoms with Crippen LogP contribution in [0.25, 0.3) is 0 Å². The molecule has 3 amide bonds. The number of piperidine rings is 1. The molecule has 1 aliphatic carbocycles. The van der Waals surface area contributed by atoms with Crippen LogP contribution < -0.4 is 10.6 Å². The van der Waals surface area contributed by atoms with E-state index in [1.54, 1.807) is 6.92 Å². The number of anilines is 1. The maximum Gasteiger partial charge on any atom is 0.414 e. The molecule has 0 spiro atoms. The van der Waals surface area contributed by atoms with Gasteiger partial charge in [0.2, 0.25) is 5.91 Å². The van der Waals surface area contributed by atoms with Crippen molar-refractivity contribution in [3.63, 3.8) is 0 Å². The number of carbonyl (C=O) groups excluding carboxylic acids is 3. The number of rotatable bonds is 6. The first-order chi connectivity index (χ1) is 17.2. The van der Waals surface area contributed by atoms with Crippen LogP contribution in [-0.4, -0.2) is 50.3 Å². The van der Waals surface area contributed by atoms with E-state index in [-0.39, 0.29) is 23.3 Å². The number of halogens is 1. The third kappa shape index (κ3) is 5.94. The van der Waals surface area contributed by atoms with Crippen LogP contribution in [0.15, 0.2) is 16.3 Å². The molecule has 0 bridgehead atoms. The molecule has 1 saturated heterocycles. The first-order valence-corrected chi connectivity index (χ1v) is 15.3. The van der Waals surface area contributed by atoms with E-state index in [0.29, 0.717) is 40.7 Å². The second-order valence-corrected chi connectivity index (χ2v) is 13.7. The topological polar surface area (TPSA) is 122 Å². The Morgan fingerprint density at radius 2 is 1.92 bits per heavy atom. The average molecular weight is 574 g/mol. The minimum absolute atomic E-state index is 0.0408. The van der Waals surface area contributed by atoms with Crippen molar-refractivity contribution in [2.24, 2.45) is 5.92 Å². The molecule has 3 heterocycles. The number of nitrogens with zero attached hydrogens (tertiary/aromatic N) is 1. The predicted octanol–water partition coefficient (Wildman–Crippen LogP) is 4.66. The fourth-order valence-electron chi connectivity index (χ4n) is 4.55. The highest BCUT2D eigenvalue weighted by atomic mass is 35.5. The van der Waals surface area contributed by atoms with Gasteiger partial charge >= 0.3 is 6.09 Å². The number of imide groups is 1. The lowest BCUT2D eigenvalue weighted by Gasteiger charge is -2.30. The lowest BCUT2D eigenvalue weighted by molar-refractivity contribution is -0.120. The first kappa shape index (κ1) is 27.1. The zero-order chi connectivity index (χ0) is 25.9. The largest absolute Gasteiger partial charge is 0.450 e. The lowest BCUT2D eigenvalue weighted by Crippen LogP contribution is -2.43. The van der Waals surface area contributed by atoms with E-state index < -0.39 is 27.9 Å². The van der Waals surface area contributed by atoms with Gasteiger partial charge in [-0.05, 0) is 63.1 Å². The van der Waals surface area contributed by atoms with Crippen molar-refractivity contribution in [2.75, 3.05) is 25.0 Å². The highest BCUT2D eigenvalue weighted by Gasteiger charge is 2.35. The van der Waals surface area contributed by atoms with Gasteiger partial charge in [-0.3, -0.25) is 14.9 Å². The van der Waals surface area contributed by atoms with Crippen molar-refractivity contribution in [1.82, 2.24) is 9.62 Å². The molecule has 1 aliphatic heterocycles. The number of sulfonamides is 1. The summed E-state index contributed by atoms with van der Waals surface area (Å²) in [5.74, 6) is -1.53. The maximum atomic E-state index is 13.3. The summed E-state index contributed by atoms with van der Waals surface area (Å²) in [5, 5.41) is 5.53. The monoisotopic (exact) mass is 573 g/mol. The molecular weight excluding hydrogens is 546 g/mol. The number of thiophene rings is 2. The molecule has 2 aromatic rings. The second kappa shape index (κ2) is 11.6. The van der Waals surface area contributed by atoms with Crippen LogP contribution in [-0.2, 0) is 32.4 Å². The molecule has 1 unspecified atom stereocenters. The van der Waals surface area contributed by atoms with E-state index in [0.717, 1.165) is 47.5 Å².